The number of ether oxygens (including phenoxy) is 1. The predicted octanol–water partition coefficient (Wildman–Crippen LogP) is 3.92. The minimum absolute atomic E-state index is 0.239. The van der Waals surface area contributed by atoms with E-state index < -0.39 is 0 Å². The van der Waals surface area contributed by atoms with Crippen molar-refractivity contribution in [2.75, 3.05) is 51.3 Å². The number of hydrogen-bond donors (Lipinski definition) is 1. The number of anilines is 1. The van der Waals surface area contributed by atoms with E-state index in [0.29, 0.717) is 11.8 Å². The zero-order valence-corrected chi connectivity index (χ0v) is 21.4. The molecule has 1 aromatic carbocycles. The highest BCUT2D eigenvalue weighted by Gasteiger charge is 2.36. The fourth-order valence-corrected chi connectivity index (χ4v) is 6.34. The smallest absolute Gasteiger partial charge is 0.225 e. The van der Waals surface area contributed by atoms with Crippen LogP contribution in [-0.2, 0) is 15.1 Å². The van der Waals surface area contributed by atoms with Gasteiger partial charge < -0.3 is 19.9 Å². The summed E-state index contributed by atoms with van der Waals surface area (Å²) in [6.07, 6.45) is 8.26. The van der Waals surface area contributed by atoms with Gasteiger partial charge in [-0.2, -0.15) is 5.10 Å². The van der Waals surface area contributed by atoms with E-state index in [4.69, 9.17) is 4.74 Å². The molecule has 7 nitrogen and oxygen atoms in total. The molecule has 190 valence electrons. The number of fused-ring (bicyclic) bond motifs is 1. The molecule has 2 saturated heterocycles. The van der Waals surface area contributed by atoms with E-state index in [1.54, 1.807) is 0 Å². The monoisotopic (exact) mass is 487 g/mol. The number of piperidine rings is 1. The lowest BCUT2D eigenvalue weighted by Gasteiger charge is -2.40. The Labute approximate surface area is 213 Å². The highest BCUT2D eigenvalue weighted by atomic mass is 16.5. The Balaban J connectivity index is 1.19. The topological polar surface area (TPSA) is 62.1 Å². The van der Waals surface area contributed by atoms with Gasteiger partial charge in [0.05, 0.1) is 11.2 Å². The third kappa shape index (κ3) is 4.18. The van der Waals surface area contributed by atoms with Gasteiger partial charge in [-0.15, -0.1) is 0 Å². The summed E-state index contributed by atoms with van der Waals surface area (Å²) in [5.74, 6) is 1.32. The molecule has 4 heterocycles. The van der Waals surface area contributed by atoms with E-state index in [1.807, 2.05) is 17.8 Å². The fraction of sp³-hybridized carbons (Fsp3) is 0.517. The second kappa shape index (κ2) is 9.52. The Morgan fingerprint density at radius 2 is 1.86 bits per heavy atom. The van der Waals surface area contributed by atoms with Gasteiger partial charge in [-0.3, -0.25) is 4.79 Å². The summed E-state index contributed by atoms with van der Waals surface area (Å²) in [5, 5.41) is 8.07. The third-order valence-electron chi connectivity index (χ3n) is 8.62. The van der Waals surface area contributed by atoms with Crippen LogP contribution in [0.1, 0.15) is 38.2 Å². The molecule has 0 unspecified atom stereocenters. The van der Waals surface area contributed by atoms with Crippen LogP contribution < -0.4 is 10.2 Å². The van der Waals surface area contributed by atoms with Crippen molar-refractivity contribution >= 4 is 17.1 Å². The van der Waals surface area contributed by atoms with E-state index in [2.05, 4.69) is 69.7 Å². The molecule has 2 aliphatic heterocycles. The Kier molecular flexibility index (Phi) is 6.21. The maximum absolute atomic E-state index is 12.8. The highest BCUT2D eigenvalue weighted by Crippen LogP contribution is 2.36. The quantitative estimate of drug-likeness (QED) is 0.591. The number of benzene rings is 1. The van der Waals surface area contributed by atoms with E-state index in [9.17, 15) is 4.79 Å². The minimum atomic E-state index is -0.239. The van der Waals surface area contributed by atoms with Gasteiger partial charge in [0.15, 0.2) is 0 Å². The molecule has 36 heavy (non-hydrogen) atoms. The summed E-state index contributed by atoms with van der Waals surface area (Å²) in [5.41, 5.74) is 5.61. The molecule has 0 radical (unpaired) electrons. The van der Waals surface area contributed by atoms with Gasteiger partial charge >= 0.3 is 0 Å². The van der Waals surface area contributed by atoms with Crippen molar-refractivity contribution in [3.8, 4) is 11.1 Å². The Bertz CT molecular complexity index is 1220. The Morgan fingerprint density at radius 3 is 2.53 bits per heavy atom. The van der Waals surface area contributed by atoms with Crippen molar-refractivity contribution in [1.82, 2.24) is 19.8 Å². The Morgan fingerprint density at radius 1 is 1.08 bits per heavy atom. The summed E-state index contributed by atoms with van der Waals surface area (Å²) < 4.78 is 7.96. The lowest BCUT2D eigenvalue weighted by Crippen LogP contribution is -2.52. The number of nitrogens with one attached hydrogen (secondary N) is 1. The second-order valence-electron chi connectivity index (χ2n) is 10.9. The van der Waals surface area contributed by atoms with Gasteiger partial charge in [0, 0.05) is 63.7 Å². The van der Waals surface area contributed by atoms with Crippen LogP contribution >= 0.6 is 0 Å². The van der Waals surface area contributed by atoms with Gasteiger partial charge in [0.25, 0.3) is 0 Å². The molecular weight excluding hydrogens is 450 g/mol. The summed E-state index contributed by atoms with van der Waals surface area (Å²) >= 11 is 0. The van der Waals surface area contributed by atoms with Crippen LogP contribution in [0.15, 0.2) is 48.8 Å². The van der Waals surface area contributed by atoms with Crippen molar-refractivity contribution in [2.24, 2.45) is 11.8 Å². The molecule has 6 rings (SSSR count). The van der Waals surface area contributed by atoms with Crippen LogP contribution in [0.25, 0.3) is 16.6 Å². The lowest BCUT2D eigenvalue weighted by atomic mass is 9.75. The first-order valence-corrected chi connectivity index (χ1v) is 13.4. The summed E-state index contributed by atoms with van der Waals surface area (Å²) in [7, 11) is 1.82. The normalized spacial score (nSPS) is 26.7. The number of aromatic nitrogens is 2. The minimum Gasteiger partial charge on any atom is -0.372 e. The third-order valence-corrected chi connectivity index (χ3v) is 8.62. The SMILES string of the molecule is CO[C@@]1(c2ccc(-c3cc4c(N5CCN(C(=O)[C@H]6C[C@H](C)C6)CC5)ccnn4c3)cc2)CCCNC1. The van der Waals surface area contributed by atoms with Gasteiger partial charge in [-0.1, -0.05) is 31.2 Å². The van der Waals surface area contributed by atoms with E-state index in [-0.39, 0.29) is 11.5 Å². The first-order chi connectivity index (χ1) is 17.6. The molecule has 0 bridgehead atoms. The lowest BCUT2D eigenvalue weighted by molar-refractivity contribution is -0.140. The summed E-state index contributed by atoms with van der Waals surface area (Å²) in [4.78, 5) is 17.3. The number of nitrogens with zero attached hydrogens (tertiary/aromatic N) is 4. The molecule has 1 amide bonds. The molecule has 1 atom stereocenters. The number of rotatable bonds is 5. The molecule has 1 aliphatic carbocycles. The molecule has 2 aromatic heterocycles. The van der Waals surface area contributed by atoms with Gasteiger partial charge in [-0.05, 0) is 61.4 Å². The van der Waals surface area contributed by atoms with E-state index >= 15 is 0 Å². The van der Waals surface area contributed by atoms with Gasteiger partial charge in [-0.25, -0.2) is 4.52 Å². The van der Waals surface area contributed by atoms with Crippen LogP contribution in [0.5, 0.6) is 0 Å². The molecule has 0 spiro atoms. The predicted molar refractivity (Wildman–Crippen MR) is 142 cm³/mol. The Hall–Kier alpha value is -2.90. The van der Waals surface area contributed by atoms with E-state index in [0.717, 1.165) is 76.0 Å². The standard InChI is InChI=1S/C29H37N5O2/c1-21-16-23(17-21)28(35)33-14-12-32(13-15-33)26-8-11-31-34-19-24(18-27(26)34)22-4-6-25(7-5-22)29(36-2)9-3-10-30-20-29/h4-8,11,18-19,21,23,30H,3,9-10,12-17,20H2,1-2H3/t21-,23-,29-/m0/s1. The first kappa shape index (κ1) is 23.5. The van der Waals surface area contributed by atoms with Crippen LogP contribution in [0, 0.1) is 11.8 Å². The zero-order chi connectivity index (χ0) is 24.7. The number of amides is 1. The van der Waals surface area contributed by atoms with Crippen LogP contribution in [-0.4, -0.2) is 66.8 Å². The number of carbonyl (C=O) groups is 1. The second-order valence-corrected chi connectivity index (χ2v) is 10.9. The zero-order valence-electron chi connectivity index (χ0n) is 21.4. The average Bonchev–Trinajstić information content (AvgIpc) is 3.36. The van der Waals surface area contributed by atoms with Gasteiger partial charge in [0.1, 0.15) is 5.60 Å². The van der Waals surface area contributed by atoms with Crippen molar-refractivity contribution in [3.63, 3.8) is 0 Å². The molecule has 3 aromatic rings. The van der Waals surface area contributed by atoms with Gasteiger partial charge in [0.2, 0.25) is 5.91 Å². The number of hydrogen-bond acceptors (Lipinski definition) is 5. The van der Waals surface area contributed by atoms with Crippen molar-refractivity contribution in [2.45, 2.75) is 38.2 Å². The van der Waals surface area contributed by atoms with E-state index in [1.165, 1.54) is 16.8 Å². The fourth-order valence-electron chi connectivity index (χ4n) is 6.34. The summed E-state index contributed by atoms with van der Waals surface area (Å²) in [6.45, 7) is 7.45. The molecular formula is C29H37N5O2. The number of piperazine rings is 1. The van der Waals surface area contributed by atoms with Crippen LogP contribution in [0.4, 0.5) is 5.69 Å². The molecule has 1 saturated carbocycles. The van der Waals surface area contributed by atoms with Crippen molar-refractivity contribution in [3.05, 3.63) is 54.4 Å². The number of methoxy groups -OCH3 is 1. The maximum atomic E-state index is 12.8. The first-order valence-electron chi connectivity index (χ1n) is 13.4. The molecule has 3 fully saturated rings. The maximum Gasteiger partial charge on any atom is 0.225 e. The van der Waals surface area contributed by atoms with Crippen molar-refractivity contribution < 1.29 is 9.53 Å². The highest BCUT2D eigenvalue weighted by molar-refractivity contribution is 5.82. The largest absolute Gasteiger partial charge is 0.372 e. The van der Waals surface area contributed by atoms with Crippen molar-refractivity contribution in [1.29, 1.82) is 0 Å². The molecule has 7 heteroatoms. The molecule has 1 N–H and O–H groups in total. The van der Waals surface area contributed by atoms with Crippen LogP contribution in [0.3, 0.4) is 0 Å². The average molecular weight is 488 g/mol. The summed E-state index contributed by atoms with van der Waals surface area (Å²) in [6, 6.07) is 13.2. The van der Waals surface area contributed by atoms with Crippen LogP contribution in [0.2, 0.25) is 0 Å². The number of carbonyl (C=O) groups excluding carboxylic acids is 1. The molecule has 3 aliphatic rings.